The first-order valence-electron chi connectivity index (χ1n) is 11.2. The van der Waals surface area contributed by atoms with Crippen LogP contribution in [-0.4, -0.2) is 79.4 Å². The van der Waals surface area contributed by atoms with Crippen LogP contribution in [0.15, 0.2) is 42.1 Å². The Morgan fingerprint density at radius 3 is 2.43 bits per heavy atom. The SMILES string of the molecule is C=Cc1cnc(Nc2ccc(S(=O)(=O)NCCO)c(N3CCN(C(=O)OC(C)(C)C)CC3)c2)nc1. The first kappa shape index (κ1) is 26.4. The Bertz CT molecular complexity index is 1140. The molecule has 11 nitrogen and oxygen atoms in total. The molecular weight excluding hydrogens is 472 g/mol. The lowest BCUT2D eigenvalue weighted by Crippen LogP contribution is -2.50. The van der Waals surface area contributed by atoms with Crippen LogP contribution in [0, 0.1) is 0 Å². The monoisotopic (exact) mass is 504 g/mol. The van der Waals surface area contributed by atoms with Gasteiger partial charge in [-0.2, -0.15) is 0 Å². The third kappa shape index (κ3) is 7.13. The molecule has 1 aromatic heterocycles. The average Bonchev–Trinajstić information content (AvgIpc) is 2.82. The Kier molecular flexibility index (Phi) is 8.30. The van der Waals surface area contributed by atoms with Gasteiger partial charge in [0.2, 0.25) is 16.0 Å². The fourth-order valence-corrected chi connectivity index (χ4v) is 4.65. The molecule has 3 rings (SSSR count). The van der Waals surface area contributed by atoms with Gasteiger partial charge in [0.25, 0.3) is 0 Å². The second-order valence-electron chi connectivity index (χ2n) is 8.93. The number of aliphatic hydroxyl groups excluding tert-OH is 1. The third-order valence-electron chi connectivity index (χ3n) is 5.09. The summed E-state index contributed by atoms with van der Waals surface area (Å²) < 4.78 is 33.7. The van der Waals surface area contributed by atoms with E-state index < -0.39 is 21.7 Å². The zero-order chi connectivity index (χ0) is 25.6. The molecule has 0 atom stereocenters. The predicted octanol–water partition coefficient (Wildman–Crippen LogP) is 2.19. The van der Waals surface area contributed by atoms with Crippen LogP contribution in [0.5, 0.6) is 0 Å². The third-order valence-corrected chi connectivity index (χ3v) is 6.60. The average molecular weight is 505 g/mol. The van der Waals surface area contributed by atoms with Crippen molar-refractivity contribution in [3.63, 3.8) is 0 Å². The van der Waals surface area contributed by atoms with Crippen molar-refractivity contribution in [1.29, 1.82) is 0 Å². The number of aromatic nitrogens is 2. The fourth-order valence-electron chi connectivity index (χ4n) is 3.42. The normalized spacial score (nSPS) is 14.5. The molecule has 190 valence electrons. The predicted molar refractivity (Wildman–Crippen MR) is 134 cm³/mol. The Hall–Kier alpha value is -3.22. The molecule has 12 heteroatoms. The number of anilines is 3. The number of hydrogen-bond donors (Lipinski definition) is 3. The number of nitrogens with zero attached hydrogens (tertiary/aromatic N) is 4. The summed E-state index contributed by atoms with van der Waals surface area (Å²) in [6.45, 7) is 10.3. The Labute approximate surface area is 205 Å². The molecule has 35 heavy (non-hydrogen) atoms. The summed E-state index contributed by atoms with van der Waals surface area (Å²) in [5, 5.41) is 12.2. The number of nitrogens with one attached hydrogen (secondary N) is 2. The molecule has 1 aliphatic rings. The van der Waals surface area contributed by atoms with E-state index in [-0.39, 0.29) is 18.0 Å². The molecule has 1 amide bonds. The lowest BCUT2D eigenvalue weighted by Gasteiger charge is -2.37. The number of aliphatic hydroxyl groups is 1. The van der Waals surface area contributed by atoms with Gasteiger partial charge >= 0.3 is 6.09 Å². The van der Waals surface area contributed by atoms with Crippen LogP contribution >= 0.6 is 0 Å². The molecule has 1 aromatic carbocycles. The molecule has 3 N–H and O–H groups in total. The summed E-state index contributed by atoms with van der Waals surface area (Å²) in [7, 11) is -3.88. The van der Waals surface area contributed by atoms with Crippen LogP contribution in [0.4, 0.5) is 22.1 Å². The van der Waals surface area contributed by atoms with E-state index in [4.69, 9.17) is 9.84 Å². The standard InChI is InChI=1S/C23H32N6O5S/c1-5-17-15-24-21(25-16-17)27-18-6-7-20(35(32,33)26-8-13-30)19(14-18)28-9-11-29(12-10-28)22(31)34-23(2,3)4/h5-7,14-16,26,30H,1,8-13H2,2-4H3,(H,24,25,27). The van der Waals surface area contributed by atoms with E-state index in [1.165, 1.54) is 6.07 Å². The van der Waals surface area contributed by atoms with E-state index in [0.717, 1.165) is 5.56 Å². The van der Waals surface area contributed by atoms with Crippen molar-refractivity contribution in [2.75, 3.05) is 49.5 Å². The number of ether oxygens (including phenoxy) is 1. The number of carbonyl (C=O) groups is 1. The van der Waals surface area contributed by atoms with Crippen molar-refractivity contribution < 1.29 is 23.1 Å². The van der Waals surface area contributed by atoms with E-state index in [2.05, 4.69) is 26.6 Å². The Morgan fingerprint density at radius 2 is 1.86 bits per heavy atom. The van der Waals surface area contributed by atoms with Crippen LogP contribution in [-0.2, 0) is 14.8 Å². The molecule has 0 radical (unpaired) electrons. The van der Waals surface area contributed by atoms with Crippen LogP contribution in [0.2, 0.25) is 0 Å². The number of hydrogen-bond acceptors (Lipinski definition) is 9. The molecule has 2 heterocycles. The summed E-state index contributed by atoms with van der Waals surface area (Å²) in [4.78, 5) is 24.5. The Balaban J connectivity index is 1.85. The minimum absolute atomic E-state index is 0.0742. The summed E-state index contributed by atoms with van der Waals surface area (Å²) in [5.41, 5.74) is 1.24. The molecule has 1 aliphatic heterocycles. The zero-order valence-electron chi connectivity index (χ0n) is 20.2. The summed E-state index contributed by atoms with van der Waals surface area (Å²) in [6, 6.07) is 4.83. The van der Waals surface area contributed by atoms with E-state index in [9.17, 15) is 13.2 Å². The number of amides is 1. The molecule has 0 aliphatic carbocycles. The largest absolute Gasteiger partial charge is 0.444 e. The maximum atomic E-state index is 12.9. The highest BCUT2D eigenvalue weighted by Gasteiger charge is 2.29. The van der Waals surface area contributed by atoms with Gasteiger partial charge in [0.1, 0.15) is 10.5 Å². The molecule has 1 fully saturated rings. The molecule has 0 unspecified atom stereocenters. The summed E-state index contributed by atoms with van der Waals surface area (Å²) in [5.74, 6) is 0.352. The summed E-state index contributed by atoms with van der Waals surface area (Å²) in [6.07, 6.45) is 4.48. The van der Waals surface area contributed by atoms with Crippen molar-refractivity contribution in [3.8, 4) is 0 Å². The second kappa shape index (κ2) is 11.0. The lowest BCUT2D eigenvalue weighted by molar-refractivity contribution is 0.0240. The van der Waals surface area contributed by atoms with Crippen LogP contribution in [0.1, 0.15) is 26.3 Å². The highest BCUT2D eigenvalue weighted by Crippen LogP contribution is 2.31. The smallest absolute Gasteiger partial charge is 0.410 e. The van der Waals surface area contributed by atoms with Crippen molar-refractivity contribution in [2.45, 2.75) is 31.3 Å². The van der Waals surface area contributed by atoms with E-state index in [0.29, 0.717) is 43.5 Å². The zero-order valence-corrected chi connectivity index (χ0v) is 21.0. The van der Waals surface area contributed by atoms with Gasteiger partial charge in [0, 0.05) is 56.4 Å². The lowest BCUT2D eigenvalue weighted by atomic mass is 10.2. The molecular formula is C23H32N6O5S. The van der Waals surface area contributed by atoms with Crippen molar-refractivity contribution >= 4 is 39.5 Å². The van der Waals surface area contributed by atoms with E-state index >= 15 is 0 Å². The molecule has 0 bridgehead atoms. The summed E-state index contributed by atoms with van der Waals surface area (Å²) >= 11 is 0. The first-order valence-corrected chi connectivity index (χ1v) is 12.7. The van der Waals surface area contributed by atoms with Crippen LogP contribution < -0.4 is 14.9 Å². The first-order chi connectivity index (χ1) is 16.5. The van der Waals surface area contributed by atoms with Crippen LogP contribution in [0.3, 0.4) is 0 Å². The number of sulfonamides is 1. The topological polar surface area (TPSA) is 137 Å². The van der Waals surface area contributed by atoms with Crippen molar-refractivity contribution in [1.82, 2.24) is 19.6 Å². The van der Waals surface area contributed by atoms with Gasteiger partial charge in [-0.15, -0.1) is 0 Å². The van der Waals surface area contributed by atoms with E-state index in [1.807, 2.05) is 25.7 Å². The molecule has 2 aromatic rings. The van der Waals surface area contributed by atoms with Gasteiger partial charge in [0.15, 0.2) is 0 Å². The number of benzene rings is 1. The minimum Gasteiger partial charge on any atom is -0.444 e. The quantitative estimate of drug-likeness (QED) is 0.494. The molecule has 0 saturated carbocycles. The maximum absolute atomic E-state index is 12.9. The van der Waals surface area contributed by atoms with Gasteiger partial charge in [-0.25, -0.2) is 27.9 Å². The van der Waals surface area contributed by atoms with E-state index in [1.54, 1.807) is 35.5 Å². The van der Waals surface area contributed by atoms with Crippen molar-refractivity contribution in [2.24, 2.45) is 0 Å². The van der Waals surface area contributed by atoms with Gasteiger partial charge < -0.3 is 25.0 Å². The van der Waals surface area contributed by atoms with Gasteiger partial charge in [0.05, 0.1) is 12.3 Å². The number of piperazine rings is 1. The number of rotatable bonds is 8. The van der Waals surface area contributed by atoms with Gasteiger partial charge in [-0.3, -0.25) is 0 Å². The fraction of sp³-hybridized carbons (Fsp3) is 0.435. The number of carbonyl (C=O) groups excluding carboxylic acids is 1. The molecule has 0 spiro atoms. The van der Waals surface area contributed by atoms with Gasteiger partial charge in [-0.05, 0) is 39.0 Å². The van der Waals surface area contributed by atoms with Crippen molar-refractivity contribution in [3.05, 3.63) is 42.7 Å². The minimum atomic E-state index is -3.88. The van der Waals surface area contributed by atoms with Gasteiger partial charge in [-0.1, -0.05) is 12.7 Å². The Morgan fingerprint density at radius 1 is 1.20 bits per heavy atom. The van der Waals surface area contributed by atoms with Crippen LogP contribution in [0.25, 0.3) is 6.08 Å². The second-order valence-corrected chi connectivity index (χ2v) is 10.7. The maximum Gasteiger partial charge on any atom is 0.410 e. The molecule has 1 saturated heterocycles. The highest BCUT2D eigenvalue weighted by atomic mass is 32.2. The highest BCUT2D eigenvalue weighted by molar-refractivity contribution is 7.89.